The van der Waals surface area contributed by atoms with Crippen LogP contribution in [0.4, 0.5) is 0 Å². The molecule has 0 N–H and O–H groups in total. The van der Waals surface area contributed by atoms with Crippen LogP contribution in [0.25, 0.3) is 0 Å². The van der Waals surface area contributed by atoms with Crippen molar-refractivity contribution in [1.29, 1.82) is 5.26 Å². The number of carbonyl (C=O) groups is 1. The molecule has 2 aromatic rings. The van der Waals surface area contributed by atoms with Gasteiger partial charge in [-0.3, -0.25) is 4.79 Å². The molecule has 1 aromatic heterocycles. The maximum Gasteiger partial charge on any atom is 0.187 e. The third-order valence-corrected chi connectivity index (χ3v) is 3.11. The lowest BCUT2D eigenvalue weighted by Gasteiger charge is -2.09. The Hall–Kier alpha value is -3.18. The molecule has 0 radical (unpaired) electrons. The van der Waals surface area contributed by atoms with Gasteiger partial charge in [0.2, 0.25) is 0 Å². The fraction of sp³-hybridized carbons (Fsp3) is 0.222. The number of rotatable bonds is 5. The highest BCUT2D eigenvalue weighted by molar-refractivity contribution is 6.02. The van der Waals surface area contributed by atoms with Gasteiger partial charge in [-0.05, 0) is 44.2 Å². The van der Waals surface area contributed by atoms with E-state index >= 15 is 0 Å². The summed E-state index contributed by atoms with van der Waals surface area (Å²) >= 11 is 0. The minimum absolute atomic E-state index is 0.157. The minimum Gasteiger partial charge on any atom is -0.481 e. The molecule has 2 rings (SSSR count). The number of aryl methyl sites for hydroxylation is 2. The Labute approximate surface area is 135 Å². The summed E-state index contributed by atoms with van der Waals surface area (Å²) in [4.78, 5) is 21.0. The number of ketones is 1. The lowest BCUT2D eigenvalue weighted by atomic mass is 9.98. The van der Waals surface area contributed by atoms with Crippen molar-refractivity contribution < 1.29 is 9.53 Å². The summed E-state index contributed by atoms with van der Waals surface area (Å²) in [6.45, 7) is 3.76. The van der Waals surface area contributed by atoms with Crippen LogP contribution >= 0.6 is 0 Å². The number of hydrogen-bond acceptors (Lipinski definition) is 5. The zero-order valence-corrected chi connectivity index (χ0v) is 12.9. The quantitative estimate of drug-likeness (QED) is 0.627. The second-order valence-electron chi connectivity index (χ2n) is 4.95. The number of aromatic nitrogens is 2. The first-order valence-electron chi connectivity index (χ1n) is 6.97. The standard InChI is InChI=1S/C18H15N3O2/c1-4-9-23-15-7-5-14(6-8-15)17(22)16(11-19)18-20-12(2)10-13(3)21-18/h1,5-8,10,16H,9H2,2-3H3/t16-/m1/s1. The van der Waals surface area contributed by atoms with Crippen LogP contribution in [0.15, 0.2) is 30.3 Å². The Bertz CT molecular complexity index is 778. The van der Waals surface area contributed by atoms with Gasteiger partial charge in [-0.15, -0.1) is 6.42 Å². The van der Waals surface area contributed by atoms with Gasteiger partial charge in [-0.2, -0.15) is 5.26 Å². The van der Waals surface area contributed by atoms with E-state index in [0.717, 1.165) is 11.4 Å². The van der Waals surface area contributed by atoms with Crippen LogP contribution in [0.5, 0.6) is 5.75 Å². The number of nitrogens with zero attached hydrogens (tertiary/aromatic N) is 3. The first kappa shape index (κ1) is 16.2. The SMILES string of the molecule is C#CCOc1ccc(C(=O)[C@@H](C#N)c2nc(C)cc(C)n2)cc1. The number of terminal acetylenes is 1. The lowest BCUT2D eigenvalue weighted by Crippen LogP contribution is -2.15. The summed E-state index contributed by atoms with van der Waals surface area (Å²) in [7, 11) is 0. The molecular weight excluding hydrogens is 290 g/mol. The first-order valence-corrected chi connectivity index (χ1v) is 6.97. The van der Waals surface area contributed by atoms with E-state index in [0.29, 0.717) is 11.3 Å². The van der Waals surface area contributed by atoms with Crippen molar-refractivity contribution in [1.82, 2.24) is 9.97 Å². The molecule has 0 aliphatic rings. The maximum absolute atomic E-state index is 12.5. The predicted molar refractivity (Wildman–Crippen MR) is 85.0 cm³/mol. The van der Waals surface area contributed by atoms with Crippen molar-refractivity contribution in [2.75, 3.05) is 6.61 Å². The highest BCUT2D eigenvalue weighted by atomic mass is 16.5. The molecule has 0 saturated carbocycles. The van der Waals surface area contributed by atoms with Gasteiger partial charge in [-0.1, -0.05) is 5.92 Å². The van der Waals surface area contributed by atoms with Gasteiger partial charge >= 0.3 is 0 Å². The molecule has 0 aliphatic carbocycles. The molecular formula is C18H15N3O2. The van der Waals surface area contributed by atoms with Crippen LogP contribution in [0.1, 0.15) is 33.5 Å². The number of nitriles is 1. The number of Topliss-reactive ketones (excluding diaryl/α,β-unsaturated/α-hetero) is 1. The molecule has 0 aliphatic heterocycles. The fourth-order valence-electron chi connectivity index (χ4n) is 2.12. The van der Waals surface area contributed by atoms with Gasteiger partial charge in [0, 0.05) is 17.0 Å². The molecule has 1 heterocycles. The Balaban J connectivity index is 2.26. The third kappa shape index (κ3) is 3.93. The number of ether oxygens (including phenoxy) is 1. The van der Waals surface area contributed by atoms with Gasteiger partial charge in [0.15, 0.2) is 17.5 Å². The van der Waals surface area contributed by atoms with Crippen molar-refractivity contribution in [2.24, 2.45) is 0 Å². The molecule has 0 amide bonds. The Kier molecular flexibility index (Phi) is 5.07. The van der Waals surface area contributed by atoms with Crippen LogP contribution in [-0.2, 0) is 0 Å². The first-order chi connectivity index (χ1) is 11.0. The Morgan fingerprint density at radius 2 is 1.87 bits per heavy atom. The number of benzene rings is 1. The number of carbonyl (C=O) groups excluding carboxylic acids is 1. The normalized spacial score (nSPS) is 11.1. The van der Waals surface area contributed by atoms with Gasteiger partial charge < -0.3 is 4.74 Å². The molecule has 1 aromatic carbocycles. The zero-order valence-electron chi connectivity index (χ0n) is 12.9. The summed E-state index contributed by atoms with van der Waals surface area (Å²) < 4.78 is 5.26. The summed E-state index contributed by atoms with van der Waals surface area (Å²) in [6.07, 6.45) is 5.12. The summed E-state index contributed by atoms with van der Waals surface area (Å²) in [5.74, 6) is 1.77. The molecule has 0 saturated heterocycles. The highest BCUT2D eigenvalue weighted by Gasteiger charge is 2.25. The van der Waals surface area contributed by atoms with E-state index in [4.69, 9.17) is 11.2 Å². The van der Waals surface area contributed by atoms with E-state index in [-0.39, 0.29) is 18.2 Å². The molecule has 0 spiro atoms. The van der Waals surface area contributed by atoms with Crippen molar-refractivity contribution in [3.63, 3.8) is 0 Å². The average molecular weight is 305 g/mol. The molecule has 114 valence electrons. The van der Waals surface area contributed by atoms with E-state index < -0.39 is 5.92 Å². The van der Waals surface area contributed by atoms with Crippen LogP contribution in [0, 0.1) is 37.5 Å². The molecule has 5 heteroatoms. The van der Waals surface area contributed by atoms with E-state index in [1.807, 2.05) is 6.07 Å². The second-order valence-corrected chi connectivity index (χ2v) is 4.95. The van der Waals surface area contributed by atoms with Crippen molar-refractivity contribution in [2.45, 2.75) is 19.8 Å². The minimum atomic E-state index is -1.04. The molecule has 5 nitrogen and oxygen atoms in total. The van der Waals surface area contributed by atoms with E-state index in [9.17, 15) is 10.1 Å². The van der Waals surface area contributed by atoms with Gasteiger partial charge in [-0.25, -0.2) is 9.97 Å². The summed E-state index contributed by atoms with van der Waals surface area (Å²) in [5.41, 5.74) is 1.84. The van der Waals surface area contributed by atoms with Crippen LogP contribution in [0.2, 0.25) is 0 Å². The van der Waals surface area contributed by atoms with Crippen LogP contribution < -0.4 is 4.74 Å². The van der Waals surface area contributed by atoms with Crippen molar-refractivity contribution in [3.8, 4) is 24.2 Å². The van der Waals surface area contributed by atoms with Gasteiger partial charge in [0.25, 0.3) is 0 Å². The molecule has 0 fully saturated rings. The summed E-state index contributed by atoms with van der Waals surface area (Å²) in [5, 5.41) is 9.37. The zero-order chi connectivity index (χ0) is 16.8. The second kappa shape index (κ2) is 7.20. The third-order valence-electron chi connectivity index (χ3n) is 3.11. The van der Waals surface area contributed by atoms with E-state index in [1.54, 1.807) is 44.2 Å². The van der Waals surface area contributed by atoms with Crippen LogP contribution in [-0.4, -0.2) is 22.4 Å². The lowest BCUT2D eigenvalue weighted by molar-refractivity contribution is 0.0976. The Morgan fingerprint density at radius 1 is 1.26 bits per heavy atom. The molecule has 0 bridgehead atoms. The molecule has 0 unspecified atom stereocenters. The molecule has 1 atom stereocenters. The van der Waals surface area contributed by atoms with E-state index in [1.165, 1.54) is 0 Å². The maximum atomic E-state index is 12.5. The smallest absolute Gasteiger partial charge is 0.187 e. The fourth-order valence-corrected chi connectivity index (χ4v) is 2.12. The Morgan fingerprint density at radius 3 is 2.39 bits per heavy atom. The van der Waals surface area contributed by atoms with E-state index in [2.05, 4.69) is 15.9 Å². The average Bonchev–Trinajstić information content (AvgIpc) is 2.53. The van der Waals surface area contributed by atoms with Crippen LogP contribution in [0.3, 0.4) is 0 Å². The topological polar surface area (TPSA) is 75.9 Å². The molecule has 23 heavy (non-hydrogen) atoms. The van der Waals surface area contributed by atoms with Gasteiger partial charge in [0.1, 0.15) is 12.4 Å². The number of hydrogen-bond donors (Lipinski definition) is 0. The van der Waals surface area contributed by atoms with Crippen molar-refractivity contribution in [3.05, 3.63) is 53.1 Å². The van der Waals surface area contributed by atoms with Crippen molar-refractivity contribution >= 4 is 5.78 Å². The monoisotopic (exact) mass is 305 g/mol. The highest BCUT2D eigenvalue weighted by Crippen LogP contribution is 2.20. The van der Waals surface area contributed by atoms with Gasteiger partial charge in [0.05, 0.1) is 6.07 Å². The summed E-state index contributed by atoms with van der Waals surface area (Å²) in [6, 6.07) is 10.3. The largest absolute Gasteiger partial charge is 0.481 e. The predicted octanol–water partition coefficient (Wildman–Crippen LogP) is 2.60.